The Balaban J connectivity index is 1.61. The molecule has 3 aromatic rings. The predicted molar refractivity (Wildman–Crippen MR) is 169 cm³/mol. The largest absolute Gasteiger partial charge is 0.490 e. The summed E-state index contributed by atoms with van der Waals surface area (Å²) in [6, 6.07) is 8.99. The number of aryl methyl sites for hydroxylation is 1. The van der Waals surface area contributed by atoms with Gasteiger partial charge in [-0.3, -0.25) is 9.97 Å². The van der Waals surface area contributed by atoms with Crippen LogP contribution in [0.2, 0.25) is 10.0 Å². The van der Waals surface area contributed by atoms with Crippen molar-refractivity contribution in [3.63, 3.8) is 0 Å². The number of halogens is 2. The van der Waals surface area contributed by atoms with Gasteiger partial charge in [0.1, 0.15) is 12.4 Å². The van der Waals surface area contributed by atoms with Gasteiger partial charge < -0.3 is 24.8 Å². The number of pyridine rings is 2. The summed E-state index contributed by atoms with van der Waals surface area (Å²) in [5.74, 6) is -0.470. The summed E-state index contributed by atoms with van der Waals surface area (Å²) in [7, 11) is 0. The summed E-state index contributed by atoms with van der Waals surface area (Å²) in [6.45, 7) is 14.5. The van der Waals surface area contributed by atoms with E-state index in [9.17, 15) is 9.90 Å². The van der Waals surface area contributed by atoms with Crippen LogP contribution >= 0.6 is 23.2 Å². The molecule has 4 rings (SSSR count). The Kier molecular flexibility index (Phi) is 9.91. The van der Waals surface area contributed by atoms with Crippen LogP contribution in [0.15, 0.2) is 42.7 Å². The van der Waals surface area contributed by atoms with Crippen LogP contribution in [0.1, 0.15) is 64.8 Å². The molecule has 1 saturated heterocycles. The SMILES string of the molecule is Cc1ncc(-c2ccc(NCCOc3ccc(Cl)cc3Cl)cn2)c(N2CCC(C)(C)CC2)c1[C@H](OC(C)(C)C)C(=O)O. The van der Waals surface area contributed by atoms with E-state index in [4.69, 9.17) is 37.7 Å². The van der Waals surface area contributed by atoms with Gasteiger partial charge in [0.05, 0.1) is 33.9 Å². The average Bonchev–Trinajstić information content (AvgIpc) is 2.91. The van der Waals surface area contributed by atoms with E-state index in [-0.39, 0.29) is 5.41 Å². The van der Waals surface area contributed by atoms with Crippen LogP contribution in [-0.4, -0.2) is 52.9 Å². The molecule has 8 nitrogen and oxygen atoms in total. The minimum atomic E-state index is -1.17. The van der Waals surface area contributed by atoms with Gasteiger partial charge in [0.15, 0.2) is 6.10 Å². The molecule has 1 aromatic carbocycles. The van der Waals surface area contributed by atoms with Gasteiger partial charge in [-0.2, -0.15) is 0 Å². The first-order chi connectivity index (χ1) is 19.7. The number of nitrogens with one attached hydrogen (secondary N) is 1. The van der Waals surface area contributed by atoms with Crippen LogP contribution in [0.3, 0.4) is 0 Å². The highest BCUT2D eigenvalue weighted by Crippen LogP contribution is 2.43. The molecule has 226 valence electrons. The van der Waals surface area contributed by atoms with Crippen LogP contribution in [0.25, 0.3) is 11.3 Å². The van der Waals surface area contributed by atoms with E-state index >= 15 is 0 Å². The van der Waals surface area contributed by atoms with E-state index in [1.54, 1.807) is 30.6 Å². The van der Waals surface area contributed by atoms with Crippen molar-refractivity contribution in [2.24, 2.45) is 5.41 Å². The third kappa shape index (κ3) is 8.06. The molecule has 0 spiro atoms. The molecule has 2 N–H and O–H groups in total. The number of ether oxygens (including phenoxy) is 2. The van der Waals surface area contributed by atoms with Crippen LogP contribution in [-0.2, 0) is 9.53 Å². The maximum absolute atomic E-state index is 12.6. The van der Waals surface area contributed by atoms with E-state index in [0.717, 1.165) is 42.9 Å². The summed E-state index contributed by atoms with van der Waals surface area (Å²) in [5.41, 5.74) is 3.92. The van der Waals surface area contributed by atoms with Gasteiger partial charge in [0.25, 0.3) is 0 Å². The number of benzene rings is 1. The van der Waals surface area contributed by atoms with Crippen LogP contribution in [0.5, 0.6) is 5.75 Å². The zero-order chi connectivity index (χ0) is 30.7. The summed E-state index contributed by atoms with van der Waals surface area (Å²) in [6.07, 6.45) is 4.36. The number of anilines is 2. The number of aromatic nitrogens is 2. The number of rotatable bonds is 10. The highest BCUT2D eigenvalue weighted by atomic mass is 35.5. The zero-order valence-corrected chi connectivity index (χ0v) is 26.6. The molecule has 1 aliphatic rings. The quantitative estimate of drug-likeness (QED) is 0.223. The van der Waals surface area contributed by atoms with Gasteiger partial charge in [-0.1, -0.05) is 37.0 Å². The lowest BCUT2D eigenvalue weighted by atomic mass is 9.82. The second-order valence-electron chi connectivity index (χ2n) is 12.4. The van der Waals surface area contributed by atoms with Gasteiger partial charge in [-0.15, -0.1) is 0 Å². The van der Waals surface area contributed by atoms with Gasteiger partial charge >= 0.3 is 5.97 Å². The molecule has 1 atom stereocenters. The first kappa shape index (κ1) is 31.9. The Morgan fingerprint density at radius 1 is 1.12 bits per heavy atom. The third-order valence-corrected chi connectivity index (χ3v) is 7.83. The van der Waals surface area contributed by atoms with Gasteiger partial charge in [0, 0.05) is 47.7 Å². The Morgan fingerprint density at radius 3 is 2.43 bits per heavy atom. The summed E-state index contributed by atoms with van der Waals surface area (Å²) >= 11 is 12.1. The number of carboxylic acids is 1. The van der Waals surface area contributed by atoms with E-state index in [1.807, 2.05) is 39.8 Å². The van der Waals surface area contributed by atoms with Crippen molar-refractivity contribution < 1.29 is 19.4 Å². The van der Waals surface area contributed by atoms with Crippen molar-refractivity contribution in [3.8, 4) is 17.0 Å². The summed E-state index contributed by atoms with van der Waals surface area (Å²) < 4.78 is 11.9. The van der Waals surface area contributed by atoms with Gasteiger partial charge in [-0.25, -0.2) is 4.79 Å². The second kappa shape index (κ2) is 13.1. The molecule has 0 bridgehead atoms. The Bertz CT molecular complexity index is 1400. The topological polar surface area (TPSA) is 96.8 Å². The summed E-state index contributed by atoms with van der Waals surface area (Å²) in [4.78, 5) is 24.3. The van der Waals surface area contributed by atoms with E-state index < -0.39 is 17.7 Å². The molecule has 1 aliphatic heterocycles. The molecule has 0 saturated carbocycles. The first-order valence-corrected chi connectivity index (χ1v) is 14.9. The minimum Gasteiger partial charge on any atom is -0.490 e. The zero-order valence-electron chi connectivity index (χ0n) is 25.1. The highest BCUT2D eigenvalue weighted by Gasteiger charge is 2.36. The van der Waals surface area contributed by atoms with Crippen molar-refractivity contribution in [1.82, 2.24) is 9.97 Å². The monoisotopic (exact) mass is 614 g/mol. The molecule has 0 amide bonds. The molecule has 0 aliphatic carbocycles. The normalized spacial score (nSPS) is 15.8. The Morgan fingerprint density at radius 2 is 1.83 bits per heavy atom. The lowest BCUT2D eigenvalue weighted by molar-refractivity contribution is -0.160. The predicted octanol–water partition coefficient (Wildman–Crippen LogP) is 7.82. The number of carbonyl (C=O) groups is 1. The molecular weight excluding hydrogens is 575 g/mol. The minimum absolute atomic E-state index is 0.223. The van der Waals surface area contributed by atoms with Crippen LogP contribution < -0.4 is 15.0 Å². The lowest BCUT2D eigenvalue weighted by Crippen LogP contribution is -2.39. The van der Waals surface area contributed by atoms with Gasteiger partial charge in [0.2, 0.25) is 0 Å². The standard InChI is InChI=1S/C32H40Cl2N4O4/c1-20-27(29(30(39)40)42-31(2,3)4)28(38-14-11-32(5,6)12-15-38)23(19-36-20)25-9-8-22(18-37-25)35-13-16-41-26-10-7-21(33)17-24(26)34/h7-10,17-19,29,35H,11-16H2,1-6H3,(H,39,40)/t29-/m0/s1. The van der Waals surface area contributed by atoms with E-state index in [1.165, 1.54) is 0 Å². The molecule has 2 aromatic heterocycles. The average molecular weight is 616 g/mol. The summed E-state index contributed by atoms with van der Waals surface area (Å²) in [5, 5.41) is 14.6. The smallest absolute Gasteiger partial charge is 0.337 e. The fourth-order valence-electron chi connectivity index (χ4n) is 4.98. The molecular formula is C32H40Cl2N4O4. The van der Waals surface area contributed by atoms with Crippen LogP contribution in [0, 0.1) is 12.3 Å². The number of hydrogen-bond acceptors (Lipinski definition) is 7. The van der Waals surface area contributed by atoms with Crippen molar-refractivity contribution in [2.45, 2.75) is 66.1 Å². The van der Waals surface area contributed by atoms with Crippen molar-refractivity contribution in [1.29, 1.82) is 0 Å². The highest BCUT2D eigenvalue weighted by molar-refractivity contribution is 6.35. The fourth-order valence-corrected chi connectivity index (χ4v) is 5.44. The Labute approximate surface area is 258 Å². The molecule has 1 fully saturated rings. The molecule has 10 heteroatoms. The number of aliphatic carboxylic acids is 1. The maximum atomic E-state index is 12.6. The second-order valence-corrected chi connectivity index (χ2v) is 13.2. The van der Waals surface area contributed by atoms with Crippen molar-refractivity contribution in [2.75, 3.05) is 36.5 Å². The maximum Gasteiger partial charge on any atom is 0.337 e. The van der Waals surface area contributed by atoms with E-state index in [2.05, 4.69) is 29.0 Å². The number of piperidine rings is 1. The van der Waals surface area contributed by atoms with Crippen molar-refractivity contribution >= 4 is 40.5 Å². The molecule has 42 heavy (non-hydrogen) atoms. The number of hydrogen-bond donors (Lipinski definition) is 2. The van der Waals surface area contributed by atoms with Gasteiger partial charge in [-0.05, 0) is 76.3 Å². The lowest BCUT2D eigenvalue weighted by Gasteiger charge is -2.40. The van der Waals surface area contributed by atoms with Crippen molar-refractivity contribution in [3.05, 3.63) is 64.0 Å². The van der Waals surface area contributed by atoms with E-state index in [0.29, 0.717) is 45.9 Å². The molecule has 3 heterocycles. The third-order valence-electron chi connectivity index (χ3n) is 7.30. The number of nitrogens with zero attached hydrogens (tertiary/aromatic N) is 3. The number of carboxylic acid groups (broad SMARTS) is 1. The fraction of sp³-hybridized carbons (Fsp3) is 0.469. The Hall–Kier alpha value is -3.07. The molecule has 0 radical (unpaired) electrons. The molecule has 0 unspecified atom stereocenters. The van der Waals surface area contributed by atoms with Crippen LogP contribution in [0.4, 0.5) is 11.4 Å². The first-order valence-electron chi connectivity index (χ1n) is 14.2.